The van der Waals surface area contributed by atoms with E-state index in [9.17, 15) is 0 Å². The largest absolute Gasteiger partial charge is 0.493 e. The molecule has 0 spiro atoms. The Morgan fingerprint density at radius 2 is 1.46 bits per heavy atom. The van der Waals surface area contributed by atoms with E-state index in [2.05, 4.69) is 94.8 Å². The van der Waals surface area contributed by atoms with Gasteiger partial charge in [-0.05, 0) is 110 Å². The van der Waals surface area contributed by atoms with Crippen molar-refractivity contribution in [3.05, 3.63) is 94.0 Å². The van der Waals surface area contributed by atoms with Gasteiger partial charge in [0.15, 0.2) is 34.5 Å². The predicted molar refractivity (Wildman–Crippen MR) is 199 cm³/mol. The Hall–Kier alpha value is -4.48. The number of hydrogen-bond donors (Lipinski definition) is 1. The topological polar surface area (TPSA) is 77.1 Å². The molecule has 6 aliphatic rings. The molecule has 272 valence electrons. The van der Waals surface area contributed by atoms with Crippen LogP contribution in [0.25, 0.3) is 0 Å². The molecule has 10 heteroatoms. The fourth-order valence-electron chi connectivity index (χ4n) is 8.50. The minimum atomic E-state index is 0.0637. The lowest BCUT2D eigenvalue weighted by Crippen LogP contribution is -2.44. The number of rotatable bonds is 5. The van der Waals surface area contributed by atoms with Crippen LogP contribution in [0.4, 0.5) is 0 Å². The highest BCUT2D eigenvalue weighted by atomic mass is 16.7. The fraction of sp³-hybridized carbons (Fsp3) is 0.429. The Morgan fingerprint density at radius 3 is 2.29 bits per heavy atom. The highest BCUT2D eigenvalue weighted by Crippen LogP contribution is 2.53. The molecule has 4 aromatic carbocycles. The molecule has 10 nitrogen and oxygen atoms in total. The third-order valence-electron chi connectivity index (χ3n) is 11.5. The van der Waals surface area contributed by atoms with Crippen LogP contribution < -0.4 is 33.7 Å². The number of methoxy groups -OCH3 is 1. The normalized spacial score (nSPS) is 21.4. The zero-order valence-electron chi connectivity index (χ0n) is 30.4. The molecular formula is C42H48N4O6. The number of likely N-dealkylation sites (N-methyl/N-ethyl adjacent to an activating group) is 2. The predicted octanol–water partition coefficient (Wildman–Crippen LogP) is 6.15. The molecular weight excluding hydrogens is 656 g/mol. The van der Waals surface area contributed by atoms with Crippen molar-refractivity contribution in [2.75, 3.05) is 80.4 Å². The first-order valence-electron chi connectivity index (χ1n) is 18.7. The summed E-state index contributed by atoms with van der Waals surface area (Å²) in [6.45, 7) is 7.68. The third kappa shape index (κ3) is 6.42. The minimum absolute atomic E-state index is 0.0637. The van der Waals surface area contributed by atoms with Crippen LogP contribution in [0.2, 0.25) is 0 Å². The molecule has 2 atom stereocenters. The van der Waals surface area contributed by atoms with E-state index in [4.69, 9.17) is 28.4 Å². The summed E-state index contributed by atoms with van der Waals surface area (Å²) < 4.78 is 38.3. The van der Waals surface area contributed by atoms with E-state index < -0.39 is 0 Å². The second-order valence-corrected chi connectivity index (χ2v) is 14.7. The molecule has 0 aromatic heterocycles. The zero-order valence-corrected chi connectivity index (χ0v) is 30.4. The van der Waals surface area contributed by atoms with Crippen LogP contribution in [-0.2, 0) is 25.7 Å². The number of nitrogens with zero attached hydrogens (tertiary/aromatic N) is 3. The van der Waals surface area contributed by atoms with E-state index in [1.165, 1.54) is 27.8 Å². The van der Waals surface area contributed by atoms with Gasteiger partial charge < -0.3 is 33.7 Å². The van der Waals surface area contributed by atoms with E-state index in [0.29, 0.717) is 18.1 Å². The van der Waals surface area contributed by atoms with Gasteiger partial charge in [0.2, 0.25) is 12.5 Å². The van der Waals surface area contributed by atoms with Gasteiger partial charge >= 0.3 is 0 Å². The smallest absolute Gasteiger partial charge is 0.231 e. The molecule has 0 amide bonds. The number of nitrogens with one attached hydrogen (secondary N) is 1. The lowest BCUT2D eigenvalue weighted by molar-refractivity contribution is 0.171. The van der Waals surface area contributed by atoms with Gasteiger partial charge in [0.1, 0.15) is 12.4 Å². The first kappa shape index (κ1) is 33.4. The van der Waals surface area contributed by atoms with Crippen molar-refractivity contribution in [2.45, 2.75) is 37.8 Å². The van der Waals surface area contributed by atoms with Gasteiger partial charge in [-0.1, -0.05) is 18.2 Å². The van der Waals surface area contributed by atoms with Gasteiger partial charge in [0, 0.05) is 63.5 Å². The van der Waals surface area contributed by atoms with Crippen LogP contribution in [0.3, 0.4) is 0 Å². The summed E-state index contributed by atoms with van der Waals surface area (Å²) in [4.78, 5) is 7.31. The monoisotopic (exact) mass is 704 g/mol. The molecule has 6 bridgehead atoms. The van der Waals surface area contributed by atoms with E-state index in [1.807, 2.05) is 0 Å². The minimum Gasteiger partial charge on any atom is -0.493 e. The average Bonchev–Trinajstić information content (AvgIpc) is 3.64. The second kappa shape index (κ2) is 14.2. The van der Waals surface area contributed by atoms with Crippen LogP contribution in [0.1, 0.15) is 45.5 Å². The average molecular weight is 705 g/mol. The van der Waals surface area contributed by atoms with Crippen molar-refractivity contribution >= 4 is 0 Å². The third-order valence-corrected chi connectivity index (χ3v) is 11.5. The number of piperazine rings is 1. The van der Waals surface area contributed by atoms with Crippen molar-refractivity contribution in [2.24, 2.45) is 0 Å². The first-order valence-corrected chi connectivity index (χ1v) is 18.7. The van der Waals surface area contributed by atoms with Gasteiger partial charge in [-0.25, -0.2) is 0 Å². The van der Waals surface area contributed by atoms with E-state index in [-0.39, 0.29) is 18.9 Å². The summed E-state index contributed by atoms with van der Waals surface area (Å²) >= 11 is 0. The van der Waals surface area contributed by atoms with Gasteiger partial charge in [0.05, 0.1) is 7.11 Å². The van der Waals surface area contributed by atoms with E-state index in [1.54, 1.807) is 7.11 Å². The van der Waals surface area contributed by atoms with Crippen molar-refractivity contribution in [1.29, 1.82) is 0 Å². The fourth-order valence-corrected chi connectivity index (χ4v) is 8.50. The number of ether oxygens (including phenoxy) is 6. The SMILES string of the molecule is COc1cc2c3cc1Oc1c4c(cc5c1[C@H](Cc1ccc(cc1)Oc1cc(ccc1OCCN1CCNCC1)C[C@H]3N(C)CC2)N(C)CC5)OCO4. The summed E-state index contributed by atoms with van der Waals surface area (Å²) in [6.07, 6.45) is 3.42. The van der Waals surface area contributed by atoms with E-state index >= 15 is 0 Å². The Morgan fingerprint density at radius 1 is 0.712 bits per heavy atom. The Kier molecular flexibility index (Phi) is 9.08. The van der Waals surface area contributed by atoms with Crippen LogP contribution in [0, 0.1) is 0 Å². The van der Waals surface area contributed by atoms with E-state index in [0.717, 1.165) is 112 Å². The molecule has 0 aliphatic carbocycles. The van der Waals surface area contributed by atoms with Crippen LogP contribution in [-0.4, -0.2) is 95.1 Å². The summed E-state index contributed by atoms with van der Waals surface area (Å²) in [5.41, 5.74) is 7.28. The molecule has 1 fully saturated rings. The first-order chi connectivity index (χ1) is 25.5. The standard InChI is InChI=1S/C42H48N4O6/c1-44-14-10-29-23-36(47-3)38-25-32(29)33(44)21-28-6-9-35(48-19-18-46-16-12-43-13-17-46)37(22-28)51-31-7-4-27(5-8-31)20-34-40-30(11-15-45(34)2)24-39-41(42(40)52-38)50-26-49-39/h4-9,22-25,33-34,43H,10-21,26H2,1-3H3/t33-,34+/m1/s1. The van der Waals surface area contributed by atoms with Crippen molar-refractivity contribution in [3.63, 3.8) is 0 Å². The molecule has 6 heterocycles. The lowest BCUT2D eigenvalue weighted by atomic mass is 9.87. The Balaban J connectivity index is 1.14. The Labute approximate surface area is 306 Å². The zero-order chi connectivity index (χ0) is 35.2. The molecule has 0 radical (unpaired) electrons. The summed E-state index contributed by atoms with van der Waals surface area (Å²) in [7, 11) is 6.13. The highest BCUT2D eigenvalue weighted by Gasteiger charge is 2.36. The van der Waals surface area contributed by atoms with Crippen molar-refractivity contribution in [3.8, 4) is 46.0 Å². The molecule has 52 heavy (non-hydrogen) atoms. The van der Waals surface area contributed by atoms with Crippen LogP contribution >= 0.6 is 0 Å². The van der Waals surface area contributed by atoms with Crippen molar-refractivity contribution < 1.29 is 28.4 Å². The van der Waals surface area contributed by atoms with Gasteiger partial charge in [0.25, 0.3) is 0 Å². The highest BCUT2D eigenvalue weighted by molar-refractivity contribution is 5.64. The molecule has 4 aromatic rings. The Bertz CT molecular complexity index is 1940. The second-order valence-electron chi connectivity index (χ2n) is 14.7. The molecule has 0 saturated carbocycles. The lowest BCUT2D eigenvalue weighted by Gasteiger charge is -2.37. The summed E-state index contributed by atoms with van der Waals surface area (Å²) in [5, 5.41) is 3.43. The quantitative estimate of drug-likeness (QED) is 0.262. The van der Waals surface area contributed by atoms with Gasteiger partial charge in [-0.2, -0.15) is 0 Å². The van der Waals surface area contributed by atoms with Gasteiger partial charge in [-0.3, -0.25) is 14.7 Å². The summed E-state index contributed by atoms with van der Waals surface area (Å²) in [6, 6.07) is 21.6. The molecule has 0 unspecified atom stereocenters. The molecule has 6 aliphatic heterocycles. The number of fused-ring (bicyclic) bond motifs is 3. The molecule has 1 saturated heterocycles. The van der Waals surface area contributed by atoms with Crippen LogP contribution in [0.15, 0.2) is 60.7 Å². The maximum atomic E-state index is 7.06. The molecule has 1 N–H and O–H groups in total. The molecule has 10 rings (SSSR count). The maximum absolute atomic E-state index is 7.06. The van der Waals surface area contributed by atoms with Crippen LogP contribution in [0.5, 0.6) is 46.0 Å². The number of hydrogen-bond acceptors (Lipinski definition) is 10. The number of benzene rings is 4. The van der Waals surface area contributed by atoms with Crippen molar-refractivity contribution in [1.82, 2.24) is 20.0 Å². The summed E-state index contributed by atoms with van der Waals surface area (Å²) in [5.74, 6) is 5.82. The maximum Gasteiger partial charge on any atom is 0.231 e. The van der Waals surface area contributed by atoms with Gasteiger partial charge in [-0.15, -0.1) is 0 Å².